The molecule has 4 aromatic rings. The molecule has 0 saturated carbocycles. The summed E-state index contributed by atoms with van der Waals surface area (Å²) in [5.74, 6) is -0.505. The lowest BCUT2D eigenvalue weighted by atomic mass is 10.1. The van der Waals surface area contributed by atoms with E-state index in [1.165, 1.54) is 36.1 Å². The number of hydrogen-bond donors (Lipinski definition) is 5. The van der Waals surface area contributed by atoms with Gasteiger partial charge >= 0.3 is 6.03 Å². The number of carbonyl (C=O) groups is 1. The molecule has 4 rings (SSSR count). The number of benzene rings is 2. The van der Waals surface area contributed by atoms with Crippen molar-refractivity contribution in [2.75, 3.05) is 21.6 Å². The molecule has 0 spiro atoms. The van der Waals surface area contributed by atoms with Crippen LogP contribution in [0, 0.1) is 4.77 Å². The van der Waals surface area contributed by atoms with Crippen LogP contribution in [0.1, 0.15) is 0 Å². The molecule has 0 unspecified atom stereocenters. The Bertz CT molecular complexity index is 1650. The molecule has 0 saturated heterocycles. The summed E-state index contributed by atoms with van der Waals surface area (Å²) < 4.78 is 28.3. The molecular formula is C20H19N7O5S2. The molecule has 2 amide bonds. The predicted molar refractivity (Wildman–Crippen MR) is 131 cm³/mol. The van der Waals surface area contributed by atoms with E-state index in [0.717, 1.165) is 6.26 Å². The van der Waals surface area contributed by atoms with Crippen LogP contribution in [0.25, 0.3) is 16.6 Å². The number of hydrogen-bond acceptors (Lipinski definition) is 7. The van der Waals surface area contributed by atoms with Crippen LogP contribution in [-0.2, 0) is 17.1 Å². The first-order valence-electron chi connectivity index (χ1n) is 9.67. The van der Waals surface area contributed by atoms with E-state index in [-0.39, 0.29) is 10.9 Å². The number of carbonyl (C=O) groups excluding carboxylic acids is 1. The minimum absolute atomic E-state index is 0.226. The highest BCUT2D eigenvalue weighted by Gasteiger charge is 2.18. The summed E-state index contributed by atoms with van der Waals surface area (Å²) in [4.78, 5) is 25.1. The van der Waals surface area contributed by atoms with Crippen molar-refractivity contribution in [2.45, 2.75) is 0 Å². The van der Waals surface area contributed by atoms with Gasteiger partial charge < -0.3 is 20.3 Å². The zero-order chi connectivity index (χ0) is 24.6. The lowest BCUT2D eigenvalue weighted by Gasteiger charge is -2.14. The average molecular weight is 502 g/mol. The number of H-pyrrole nitrogens is 1. The summed E-state index contributed by atoms with van der Waals surface area (Å²) in [6, 6.07) is 10.9. The second-order valence-corrected chi connectivity index (χ2v) is 9.49. The number of nitrogens with zero attached hydrogens (tertiary/aromatic N) is 3. The monoisotopic (exact) mass is 501 g/mol. The van der Waals surface area contributed by atoms with E-state index in [4.69, 9.17) is 12.2 Å². The quantitative estimate of drug-likeness (QED) is 0.262. The molecule has 176 valence electrons. The first-order valence-corrected chi connectivity index (χ1v) is 12.0. The van der Waals surface area contributed by atoms with Crippen LogP contribution in [0.15, 0.2) is 53.6 Å². The van der Waals surface area contributed by atoms with Gasteiger partial charge in [-0.1, -0.05) is 6.07 Å². The van der Waals surface area contributed by atoms with Crippen molar-refractivity contribution in [1.29, 1.82) is 0 Å². The SMILES string of the molecule is Cn1c(=O)c(NS(C)(=O)=O)c(O)c2ccc(NC(=O)Nc3cccc(-n4cn[nH]c4=S)c3)cc21. The molecule has 0 aliphatic carbocycles. The number of urea groups is 1. The number of aryl methyl sites for hydroxylation is 1. The molecule has 0 radical (unpaired) electrons. The Morgan fingerprint density at radius 2 is 1.85 bits per heavy atom. The zero-order valence-electron chi connectivity index (χ0n) is 17.9. The second-order valence-electron chi connectivity index (χ2n) is 7.35. The van der Waals surface area contributed by atoms with Gasteiger partial charge in [0.2, 0.25) is 10.0 Å². The topological polar surface area (TPSA) is 163 Å². The van der Waals surface area contributed by atoms with Gasteiger partial charge in [0.25, 0.3) is 5.56 Å². The highest BCUT2D eigenvalue weighted by atomic mass is 32.2. The van der Waals surface area contributed by atoms with Crippen molar-refractivity contribution in [3.05, 3.63) is 63.9 Å². The average Bonchev–Trinajstić information content (AvgIpc) is 3.20. The number of rotatable bonds is 5. The van der Waals surface area contributed by atoms with Gasteiger partial charge in [-0.15, -0.1) is 0 Å². The van der Waals surface area contributed by atoms with Gasteiger partial charge in [0.15, 0.2) is 16.2 Å². The molecule has 2 aromatic heterocycles. The number of pyridine rings is 1. The third kappa shape index (κ3) is 4.62. The smallest absolute Gasteiger partial charge is 0.323 e. The standard InChI is InChI=1S/C20H19N7O5S2/c1-26-15-9-12(6-7-14(15)17(28)16(18(26)29)25-34(2,31)32)23-19(30)22-11-4-3-5-13(8-11)27-10-21-24-20(27)33/h3-10,25,28H,1-2H3,(H,24,33)(H2,22,23,30). The van der Waals surface area contributed by atoms with E-state index < -0.39 is 33.1 Å². The number of sulfonamides is 1. The van der Waals surface area contributed by atoms with Crippen LogP contribution < -0.4 is 20.9 Å². The Labute approximate surface area is 197 Å². The van der Waals surface area contributed by atoms with Crippen LogP contribution in [0.3, 0.4) is 0 Å². The minimum atomic E-state index is -3.78. The van der Waals surface area contributed by atoms with Crippen LogP contribution in [-0.4, -0.2) is 45.1 Å². The van der Waals surface area contributed by atoms with Crippen LogP contribution >= 0.6 is 12.2 Å². The summed E-state index contributed by atoms with van der Waals surface area (Å²) >= 11 is 5.16. The van der Waals surface area contributed by atoms with E-state index in [1.807, 2.05) is 4.72 Å². The molecule has 2 heterocycles. The highest BCUT2D eigenvalue weighted by Crippen LogP contribution is 2.31. The Hall–Kier alpha value is -4.17. The van der Waals surface area contributed by atoms with Gasteiger partial charge in [0, 0.05) is 23.8 Å². The normalized spacial score (nSPS) is 11.4. The lowest BCUT2D eigenvalue weighted by molar-refractivity contribution is 0.262. The summed E-state index contributed by atoms with van der Waals surface area (Å²) in [5, 5.41) is 22.6. The maximum Gasteiger partial charge on any atom is 0.323 e. The number of aromatic hydroxyl groups is 1. The lowest BCUT2D eigenvalue weighted by Crippen LogP contribution is -2.24. The van der Waals surface area contributed by atoms with E-state index in [9.17, 15) is 23.1 Å². The molecule has 5 N–H and O–H groups in total. The fourth-order valence-electron chi connectivity index (χ4n) is 3.34. The fourth-order valence-corrected chi connectivity index (χ4v) is 4.10. The summed E-state index contributed by atoms with van der Waals surface area (Å²) in [6.45, 7) is 0. The highest BCUT2D eigenvalue weighted by molar-refractivity contribution is 7.92. The maximum absolute atomic E-state index is 12.6. The number of aromatic amines is 1. The predicted octanol–water partition coefficient (Wildman–Crippen LogP) is 2.50. The van der Waals surface area contributed by atoms with E-state index in [2.05, 4.69) is 20.8 Å². The Kier molecular flexibility index (Phi) is 5.85. The number of anilines is 3. The largest absolute Gasteiger partial charge is 0.505 e. The third-order valence-electron chi connectivity index (χ3n) is 4.85. The summed E-state index contributed by atoms with van der Waals surface area (Å²) in [7, 11) is -2.36. The molecule has 12 nitrogen and oxygen atoms in total. The Balaban J connectivity index is 1.59. The van der Waals surface area contributed by atoms with E-state index in [1.54, 1.807) is 28.8 Å². The summed E-state index contributed by atoms with van der Waals surface area (Å²) in [5.41, 5.74) is 0.638. The number of nitrogens with one attached hydrogen (secondary N) is 4. The first-order chi connectivity index (χ1) is 16.0. The van der Waals surface area contributed by atoms with Gasteiger partial charge in [0.05, 0.1) is 17.5 Å². The molecule has 2 aromatic carbocycles. The molecule has 0 aliphatic heterocycles. The van der Waals surface area contributed by atoms with Crippen LogP contribution in [0.4, 0.5) is 21.9 Å². The molecule has 0 atom stereocenters. The molecule has 0 bridgehead atoms. The van der Waals surface area contributed by atoms with Crippen molar-refractivity contribution in [1.82, 2.24) is 19.3 Å². The molecule has 34 heavy (non-hydrogen) atoms. The van der Waals surface area contributed by atoms with Gasteiger partial charge in [0.1, 0.15) is 6.33 Å². The number of amides is 2. The van der Waals surface area contributed by atoms with Crippen LogP contribution in [0.5, 0.6) is 5.75 Å². The second kappa shape index (κ2) is 8.64. The Morgan fingerprint density at radius 1 is 1.15 bits per heavy atom. The third-order valence-corrected chi connectivity index (χ3v) is 5.71. The Morgan fingerprint density at radius 3 is 2.50 bits per heavy atom. The van der Waals surface area contributed by atoms with Crippen LogP contribution in [0.2, 0.25) is 0 Å². The maximum atomic E-state index is 12.6. The first kappa shape index (κ1) is 23.0. The molecule has 0 fully saturated rings. The fraction of sp³-hybridized carbons (Fsp3) is 0.100. The number of aromatic nitrogens is 4. The van der Waals surface area contributed by atoms with Gasteiger partial charge in [-0.2, -0.15) is 5.10 Å². The van der Waals surface area contributed by atoms with E-state index >= 15 is 0 Å². The van der Waals surface area contributed by atoms with Crippen molar-refractivity contribution in [3.63, 3.8) is 0 Å². The van der Waals surface area contributed by atoms with Crippen molar-refractivity contribution in [2.24, 2.45) is 7.05 Å². The van der Waals surface area contributed by atoms with Gasteiger partial charge in [-0.05, 0) is 48.6 Å². The summed E-state index contributed by atoms with van der Waals surface area (Å²) in [6.07, 6.45) is 2.40. The molecule has 14 heteroatoms. The van der Waals surface area contributed by atoms with Crippen molar-refractivity contribution < 1.29 is 18.3 Å². The molecular weight excluding hydrogens is 482 g/mol. The minimum Gasteiger partial charge on any atom is -0.505 e. The van der Waals surface area contributed by atoms with E-state index in [0.29, 0.717) is 21.8 Å². The van der Waals surface area contributed by atoms with Crippen molar-refractivity contribution in [3.8, 4) is 11.4 Å². The van der Waals surface area contributed by atoms with Gasteiger partial charge in [-0.3, -0.25) is 19.2 Å². The molecule has 0 aliphatic rings. The number of fused-ring (bicyclic) bond motifs is 1. The zero-order valence-corrected chi connectivity index (χ0v) is 19.5. The van der Waals surface area contributed by atoms with Gasteiger partial charge in [-0.25, -0.2) is 13.2 Å². The van der Waals surface area contributed by atoms with Crippen molar-refractivity contribution >= 4 is 56.2 Å².